The first kappa shape index (κ1) is 15.7. The second-order valence-corrected chi connectivity index (χ2v) is 7.79. The fraction of sp³-hybridized carbons (Fsp3) is 0.692. The Morgan fingerprint density at radius 1 is 1.68 bits per heavy atom. The number of rotatable bonds is 4. The van der Waals surface area contributed by atoms with Gasteiger partial charge < -0.3 is 10.6 Å². The molecular weight excluding hydrogens is 346 g/mol. The highest BCUT2D eigenvalue weighted by Gasteiger charge is 2.27. The van der Waals surface area contributed by atoms with Crippen LogP contribution in [-0.2, 0) is 0 Å². The van der Waals surface area contributed by atoms with Gasteiger partial charge in [0.1, 0.15) is 4.34 Å². The van der Waals surface area contributed by atoms with E-state index in [2.05, 4.69) is 45.9 Å². The largest absolute Gasteiger partial charge is 0.329 e. The summed E-state index contributed by atoms with van der Waals surface area (Å²) in [5.41, 5.74) is 6.00. The standard InChI is InChI=1S/C13H21BrClN3S/c1-17-5-3-4-9(8-17)18(2)11(7-16)12-6-10(14)13(15)19-12/h6,9,11H,3-5,7-8,16H2,1-2H3. The second kappa shape index (κ2) is 6.87. The van der Waals surface area contributed by atoms with Gasteiger partial charge in [0.25, 0.3) is 0 Å². The number of thiophene rings is 1. The van der Waals surface area contributed by atoms with E-state index in [1.807, 2.05) is 0 Å². The summed E-state index contributed by atoms with van der Waals surface area (Å²) in [6.07, 6.45) is 2.51. The molecule has 108 valence electrons. The summed E-state index contributed by atoms with van der Waals surface area (Å²) in [6.45, 7) is 2.95. The molecule has 1 aromatic rings. The summed E-state index contributed by atoms with van der Waals surface area (Å²) in [4.78, 5) is 6.06. The predicted octanol–water partition coefficient (Wildman–Crippen LogP) is 3.19. The van der Waals surface area contributed by atoms with Gasteiger partial charge in [-0.2, -0.15) is 0 Å². The Kier molecular flexibility index (Phi) is 5.69. The smallest absolute Gasteiger partial charge is 0.107 e. The molecule has 3 nitrogen and oxygen atoms in total. The van der Waals surface area contributed by atoms with E-state index in [1.54, 1.807) is 11.3 Å². The minimum atomic E-state index is 0.255. The Morgan fingerprint density at radius 2 is 2.42 bits per heavy atom. The van der Waals surface area contributed by atoms with Gasteiger partial charge >= 0.3 is 0 Å². The number of piperidine rings is 1. The van der Waals surface area contributed by atoms with Crippen molar-refractivity contribution in [2.24, 2.45) is 5.73 Å². The van der Waals surface area contributed by atoms with Crippen LogP contribution in [0, 0.1) is 0 Å². The van der Waals surface area contributed by atoms with Gasteiger partial charge in [0.15, 0.2) is 0 Å². The van der Waals surface area contributed by atoms with Crippen LogP contribution in [0.3, 0.4) is 0 Å². The fourth-order valence-electron chi connectivity index (χ4n) is 2.74. The monoisotopic (exact) mass is 365 g/mol. The molecule has 0 amide bonds. The Bertz CT molecular complexity index is 407. The summed E-state index contributed by atoms with van der Waals surface area (Å²) in [6, 6.07) is 2.94. The Morgan fingerprint density at radius 3 is 2.95 bits per heavy atom. The lowest BCUT2D eigenvalue weighted by atomic mass is 10.0. The molecule has 1 aliphatic rings. The normalized spacial score (nSPS) is 22.9. The molecule has 2 rings (SSSR count). The molecule has 1 fully saturated rings. The highest BCUT2D eigenvalue weighted by Crippen LogP contribution is 2.37. The van der Waals surface area contributed by atoms with E-state index in [0.717, 1.165) is 15.4 Å². The van der Waals surface area contributed by atoms with Crippen molar-refractivity contribution in [2.75, 3.05) is 33.7 Å². The van der Waals surface area contributed by atoms with Crippen molar-refractivity contribution in [3.05, 3.63) is 19.8 Å². The zero-order chi connectivity index (χ0) is 14.0. The summed E-state index contributed by atoms with van der Waals surface area (Å²) in [5.74, 6) is 0. The second-order valence-electron chi connectivity index (χ2n) is 5.25. The van der Waals surface area contributed by atoms with Gasteiger partial charge in [0.05, 0.1) is 6.04 Å². The molecule has 19 heavy (non-hydrogen) atoms. The van der Waals surface area contributed by atoms with Crippen LogP contribution in [-0.4, -0.2) is 49.6 Å². The van der Waals surface area contributed by atoms with Gasteiger partial charge in [-0.25, -0.2) is 0 Å². The number of likely N-dealkylation sites (tertiary alicyclic amines) is 1. The molecule has 0 aromatic carbocycles. The van der Waals surface area contributed by atoms with Gasteiger partial charge in [-0.1, -0.05) is 11.6 Å². The molecule has 0 saturated carbocycles. The molecular formula is C13H21BrClN3S. The van der Waals surface area contributed by atoms with E-state index in [0.29, 0.717) is 12.6 Å². The fourth-order valence-corrected chi connectivity index (χ4v) is 4.64. The molecule has 6 heteroatoms. The number of nitrogens with two attached hydrogens (primary N) is 1. The number of nitrogens with zero attached hydrogens (tertiary/aromatic N) is 2. The highest BCUT2D eigenvalue weighted by molar-refractivity contribution is 9.10. The highest BCUT2D eigenvalue weighted by atomic mass is 79.9. The SMILES string of the molecule is CN1CCCC(N(C)C(CN)c2cc(Br)c(Cl)s2)C1. The van der Waals surface area contributed by atoms with Gasteiger partial charge in [-0.15, -0.1) is 11.3 Å². The maximum absolute atomic E-state index is 6.15. The molecule has 2 unspecified atom stereocenters. The Labute approximate surface area is 132 Å². The number of halogens is 2. The molecule has 2 N–H and O–H groups in total. The molecule has 1 aliphatic heterocycles. The van der Waals surface area contributed by atoms with Crippen molar-refractivity contribution in [2.45, 2.75) is 24.9 Å². The lowest BCUT2D eigenvalue weighted by molar-refractivity contribution is 0.102. The third-order valence-corrected chi connectivity index (χ3v) is 6.46. The van der Waals surface area contributed by atoms with E-state index in [4.69, 9.17) is 17.3 Å². The molecule has 1 saturated heterocycles. The van der Waals surface area contributed by atoms with Gasteiger partial charge in [-0.3, -0.25) is 4.90 Å². The molecule has 1 aromatic heterocycles. The van der Waals surface area contributed by atoms with Crippen LogP contribution in [0.2, 0.25) is 4.34 Å². The molecule has 0 spiro atoms. The van der Waals surface area contributed by atoms with Crippen LogP contribution < -0.4 is 5.73 Å². The van der Waals surface area contributed by atoms with Gasteiger partial charge in [0.2, 0.25) is 0 Å². The van der Waals surface area contributed by atoms with Crippen LogP contribution >= 0.6 is 38.9 Å². The average molecular weight is 367 g/mol. The molecule has 0 aliphatic carbocycles. The summed E-state index contributed by atoms with van der Waals surface area (Å²) >= 11 is 11.3. The quantitative estimate of drug-likeness (QED) is 0.888. The van der Waals surface area contributed by atoms with E-state index in [9.17, 15) is 0 Å². The third kappa shape index (κ3) is 3.71. The molecule has 2 heterocycles. The third-order valence-electron chi connectivity index (χ3n) is 3.88. The lowest BCUT2D eigenvalue weighted by Crippen LogP contribution is -2.47. The Hall–Kier alpha value is 0.350. The number of hydrogen-bond acceptors (Lipinski definition) is 4. The van der Waals surface area contributed by atoms with Crippen molar-refractivity contribution >= 4 is 38.9 Å². The molecule has 2 atom stereocenters. The first-order valence-corrected chi connectivity index (χ1v) is 8.57. The van der Waals surface area contributed by atoms with Crippen LogP contribution in [0.1, 0.15) is 23.8 Å². The van der Waals surface area contributed by atoms with Crippen molar-refractivity contribution in [1.29, 1.82) is 0 Å². The first-order valence-electron chi connectivity index (χ1n) is 6.58. The summed E-state index contributed by atoms with van der Waals surface area (Å²) in [7, 11) is 4.37. The average Bonchev–Trinajstić information content (AvgIpc) is 2.70. The topological polar surface area (TPSA) is 32.5 Å². The van der Waals surface area contributed by atoms with Gasteiger partial charge in [0, 0.05) is 28.5 Å². The molecule has 0 bridgehead atoms. The van der Waals surface area contributed by atoms with E-state index < -0.39 is 0 Å². The van der Waals surface area contributed by atoms with Crippen LogP contribution in [0.4, 0.5) is 0 Å². The van der Waals surface area contributed by atoms with Crippen LogP contribution in [0.25, 0.3) is 0 Å². The lowest BCUT2D eigenvalue weighted by Gasteiger charge is -2.39. The van der Waals surface area contributed by atoms with Crippen molar-refractivity contribution in [3.8, 4) is 0 Å². The summed E-state index contributed by atoms with van der Waals surface area (Å²) in [5, 5.41) is 0. The van der Waals surface area contributed by atoms with E-state index in [1.165, 1.54) is 24.3 Å². The maximum Gasteiger partial charge on any atom is 0.107 e. The van der Waals surface area contributed by atoms with Crippen molar-refractivity contribution < 1.29 is 0 Å². The van der Waals surface area contributed by atoms with Crippen molar-refractivity contribution in [1.82, 2.24) is 9.80 Å². The van der Waals surface area contributed by atoms with Crippen molar-refractivity contribution in [3.63, 3.8) is 0 Å². The molecule has 0 radical (unpaired) electrons. The van der Waals surface area contributed by atoms with Crippen LogP contribution in [0.5, 0.6) is 0 Å². The summed E-state index contributed by atoms with van der Waals surface area (Å²) < 4.78 is 1.78. The predicted molar refractivity (Wildman–Crippen MR) is 87.1 cm³/mol. The van der Waals surface area contributed by atoms with E-state index in [-0.39, 0.29) is 6.04 Å². The minimum absolute atomic E-state index is 0.255. The van der Waals surface area contributed by atoms with Crippen LogP contribution in [0.15, 0.2) is 10.5 Å². The zero-order valence-corrected chi connectivity index (χ0v) is 14.6. The minimum Gasteiger partial charge on any atom is -0.329 e. The Balaban J connectivity index is 2.12. The number of hydrogen-bond donors (Lipinski definition) is 1. The zero-order valence-electron chi connectivity index (χ0n) is 11.4. The number of likely N-dealkylation sites (N-methyl/N-ethyl adjacent to an activating group) is 2. The first-order chi connectivity index (χ1) is 9.02. The van der Waals surface area contributed by atoms with Gasteiger partial charge in [-0.05, 0) is 55.5 Å². The maximum atomic E-state index is 6.15. The van der Waals surface area contributed by atoms with E-state index >= 15 is 0 Å².